The van der Waals surface area contributed by atoms with Crippen LogP contribution in [0.2, 0.25) is 0 Å². The SMILES string of the molecule is Cn1c(-c2cccc(-c3ccccc3)c2)c(C(=O)Nc2ccccn2)c(=O)n(C)c1=O. The minimum Gasteiger partial charge on any atom is -0.306 e. The van der Waals surface area contributed by atoms with Crippen LogP contribution >= 0.6 is 0 Å². The third-order valence-corrected chi connectivity index (χ3v) is 5.04. The Morgan fingerprint density at radius 3 is 2.19 bits per heavy atom. The summed E-state index contributed by atoms with van der Waals surface area (Å²) >= 11 is 0. The van der Waals surface area contributed by atoms with Gasteiger partial charge in [0, 0.05) is 20.3 Å². The molecule has 1 N–H and O–H groups in total. The zero-order chi connectivity index (χ0) is 22.0. The van der Waals surface area contributed by atoms with E-state index in [1.807, 2.05) is 48.5 Å². The molecule has 0 fully saturated rings. The molecule has 0 bridgehead atoms. The molecule has 0 aliphatic rings. The minimum atomic E-state index is -0.670. The first-order chi connectivity index (χ1) is 15.0. The van der Waals surface area contributed by atoms with E-state index in [1.54, 1.807) is 37.5 Å². The van der Waals surface area contributed by atoms with Crippen LogP contribution < -0.4 is 16.6 Å². The standard InChI is InChI=1S/C24H20N4O3/c1-27-21(18-12-8-11-17(15-18)16-9-4-3-5-10-16)20(23(30)28(2)24(27)31)22(29)26-19-13-6-7-14-25-19/h3-15H,1-2H3,(H,25,26,29). The molecule has 1 amide bonds. The summed E-state index contributed by atoms with van der Waals surface area (Å²) in [5.41, 5.74) is 1.42. The van der Waals surface area contributed by atoms with Gasteiger partial charge >= 0.3 is 5.69 Å². The first kappa shape index (κ1) is 20.0. The van der Waals surface area contributed by atoms with Crippen LogP contribution in [0.25, 0.3) is 22.4 Å². The van der Waals surface area contributed by atoms with Gasteiger partial charge in [-0.1, -0.05) is 54.6 Å². The normalized spacial score (nSPS) is 10.6. The second-order valence-electron chi connectivity index (χ2n) is 7.05. The van der Waals surface area contributed by atoms with E-state index >= 15 is 0 Å². The maximum atomic E-state index is 13.1. The number of nitrogens with zero attached hydrogens (tertiary/aromatic N) is 3. The van der Waals surface area contributed by atoms with Gasteiger partial charge in [-0.2, -0.15) is 0 Å². The van der Waals surface area contributed by atoms with Crippen molar-refractivity contribution in [1.82, 2.24) is 14.1 Å². The van der Waals surface area contributed by atoms with E-state index in [2.05, 4.69) is 10.3 Å². The van der Waals surface area contributed by atoms with E-state index in [1.165, 1.54) is 11.6 Å². The zero-order valence-corrected chi connectivity index (χ0v) is 17.1. The van der Waals surface area contributed by atoms with E-state index in [0.717, 1.165) is 15.7 Å². The molecule has 0 saturated heterocycles. The van der Waals surface area contributed by atoms with Crippen LogP contribution in [0.15, 0.2) is 88.6 Å². The number of amides is 1. The Labute approximate surface area is 178 Å². The van der Waals surface area contributed by atoms with E-state index in [-0.39, 0.29) is 11.3 Å². The lowest BCUT2D eigenvalue weighted by Crippen LogP contribution is -2.42. The number of benzene rings is 2. The lowest BCUT2D eigenvalue weighted by Gasteiger charge is -2.16. The van der Waals surface area contributed by atoms with Gasteiger partial charge in [-0.3, -0.25) is 18.7 Å². The van der Waals surface area contributed by atoms with Crippen LogP contribution in [0.1, 0.15) is 10.4 Å². The molecule has 0 aliphatic carbocycles. The Hall–Kier alpha value is -4.26. The van der Waals surface area contributed by atoms with E-state index in [9.17, 15) is 14.4 Å². The Bertz CT molecular complexity index is 1370. The molecule has 0 saturated carbocycles. The Morgan fingerprint density at radius 2 is 1.48 bits per heavy atom. The molecule has 7 nitrogen and oxygen atoms in total. The lowest BCUT2D eigenvalue weighted by atomic mass is 9.99. The first-order valence-corrected chi connectivity index (χ1v) is 9.65. The average molecular weight is 412 g/mol. The maximum Gasteiger partial charge on any atom is 0.330 e. The molecule has 2 aromatic carbocycles. The second kappa shape index (κ2) is 8.23. The maximum absolute atomic E-state index is 13.1. The fourth-order valence-corrected chi connectivity index (χ4v) is 3.48. The molecule has 0 spiro atoms. The number of nitrogens with one attached hydrogen (secondary N) is 1. The highest BCUT2D eigenvalue weighted by Gasteiger charge is 2.23. The number of hydrogen-bond donors (Lipinski definition) is 1. The Kier molecular flexibility index (Phi) is 5.32. The van der Waals surface area contributed by atoms with Crippen molar-refractivity contribution >= 4 is 11.7 Å². The van der Waals surface area contributed by atoms with Crippen molar-refractivity contribution in [3.63, 3.8) is 0 Å². The highest BCUT2D eigenvalue weighted by Crippen LogP contribution is 2.27. The fourth-order valence-electron chi connectivity index (χ4n) is 3.48. The molecule has 154 valence electrons. The van der Waals surface area contributed by atoms with Crippen molar-refractivity contribution in [3.8, 4) is 22.4 Å². The van der Waals surface area contributed by atoms with Crippen molar-refractivity contribution in [2.75, 3.05) is 5.32 Å². The molecule has 0 unspecified atom stereocenters. The van der Waals surface area contributed by atoms with Crippen LogP contribution in [0.4, 0.5) is 5.82 Å². The first-order valence-electron chi connectivity index (χ1n) is 9.65. The van der Waals surface area contributed by atoms with Gasteiger partial charge in [0.05, 0.1) is 5.69 Å². The van der Waals surface area contributed by atoms with Crippen LogP contribution in [-0.4, -0.2) is 20.0 Å². The topological polar surface area (TPSA) is 86.0 Å². The number of carbonyl (C=O) groups excluding carboxylic acids is 1. The summed E-state index contributed by atoms with van der Waals surface area (Å²) in [6.07, 6.45) is 1.54. The van der Waals surface area contributed by atoms with Gasteiger partial charge in [-0.25, -0.2) is 9.78 Å². The predicted molar refractivity (Wildman–Crippen MR) is 120 cm³/mol. The summed E-state index contributed by atoms with van der Waals surface area (Å²) in [4.78, 5) is 42.8. The number of carbonyl (C=O) groups is 1. The summed E-state index contributed by atoms with van der Waals surface area (Å²) < 4.78 is 2.25. The molecule has 0 atom stereocenters. The molecule has 4 aromatic rings. The van der Waals surface area contributed by atoms with Gasteiger partial charge in [0.2, 0.25) is 0 Å². The van der Waals surface area contributed by atoms with Crippen molar-refractivity contribution in [2.24, 2.45) is 14.1 Å². The van der Waals surface area contributed by atoms with Crippen molar-refractivity contribution < 1.29 is 4.79 Å². The predicted octanol–water partition coefficient (Wildman–Crippen LogP) is 3.07. The Balaban J connectivity index is 1.91. The van der Waals surface area contributed by atoms with Crippen LogP contribution in [0.5, 0.6) is 0 Å². The van der Waals surface area contributed by atoms with Crippen molar-refractivity contribution in [3.05, 3.63) is 105 Å². The largest absolute Gasteiger partial charge is 0.330 e. The molecule has 2 heterocycles. The lowest BCUT2D eigenvalue weighted by molar-refractivity contribution is 0.102. The van der Waals surface area contributed by atoms with E-state index in [4.69, 9.17) is 0 Å². The van der Waals surface area contributed by atoms with Crippen LogP contribution in [0, 0.1) is 0 Å². The van der Waals surface area contributed by atoms with Crippen LogP contribution in [-0.2, 0) is 14.1 Å². The van der Waals surface area contributed by atoms with Crippen LogP contribution in [0.3, 0.4) is 0 Å². The monoisotopic (exact) mass is 412 g/mol. The summed E-state index contributed by atoms with van der Waals surface area (Å²) in [6.45, 7) is 0. The van der Waals surface area contributed by atoms with E-state index in [0.29, 0.717) is 11.4 Å². The molecule has 31 heavy (non-hydrogen) atoms. The number of aromatic nitrogens is 3. The molecule has 7 heteroatoms. The van der Waals surface area contributed by atoms with Gasteiger partial charge in [-0.15, -0.1) is 0 Å². The minimum absolute atomic E-state index is 0.125. The van der Waals surface area contributed by atoms with E-state index < -0.39 is 17.2 Å². The quantitative estimate of drug-likeness (QED) is 0.558. The van der Waals surface area contributed by atoms with Gasteiger partial charge in [0.1, 0.15) is 11.4 Å². The zero-order valence-electron chi connectivity index (χ0n) is 17.1. The smallest absolute Gasteiger partial charge is 0.306 e. The van der Waals surface area contributed by atoms with Gasteiger partial charge in [-0.05, 0) is 34.9 Å². The summed E-state index contributed by atoms with van der Waals surface area (Å²) in [5.74, 6) is -0.317. The van der Waals surface area contributed by atoms with Crippen molar-refractivity contribution in [2.45, 2.75) is 0 Å². The molecule has 4 rings (SSSR count). The highest BCUT2D eigenvalue weighted by molar-refractivity contribution is 6.07. The second-order valence-corrected chi connectivity index (χ2v) is 7.05. The van der Waals surface area contributed by atoms with Crippen molar-refractivity contribution in [1.29, 1.82) is 0 Å². The third-order valence-electron chi connectivity index (χ3n) is 5.04. The third kappa shape index (κ3) is 3.81. The summed E-state index contributed by atoms with van der Waals surface area (Å²) in [6, 6.07) is 22.2. The summed E-state index contributed by atoms with van der Waals surface area (Å²) in [7, 11) is 2.90. The van der Waals surface area contributed by atoms with Gasteiger partial charge < -0.3 is 5.32 Å². The molecule has 2 aromatic heterocycles. The average Bonchev–Trinajstić information content (AvgIpc) is 2.81. The number of anilines is 1. The number of hydrogen-bond acceptors (Lipinski definition) is 4. The van der Waals surface area contributed by atoms with Gasteiger partial charge in [0.15, 0.2) is 0 Å². The molecule has 0 aliphatic heterocycles. The van der Waals surface area contributed by atoms with Gasteiger partial charge in [0.25, 0.3) is 11.5 Å². The summed E-state index contributed by atoms with van der Waals surface area (Å²) in [5, 5.41) is 2.65. The highest BCUT2D eigenvalue weighted by atomic mass is 16.2. The Morgan fingerprint density at radius 1 is 0.806 bits per heavy atom. The molecular formula is C24H20N4O3. The number of pyridine rings is 1. The fraction of sp³-hybridized carbons (Fsp3) is 0.0833. The number of rotatable bonds is 4. The molecular weight excluding hydrogens is 392 g/mol. The molecule has 0 radical (unpaired) electrons.